The van der Waals surface area contributed by atoms with Gasteiger partial charge in [-0.15, -0.1) is 0 Å². The second-order valence-corrected chi connectivity index (χ2v) is 8.63. The topological polar surface area (TPSA) is 111 Å². The predicted octanol–water partition coefficient (Wildman–Crippen LogP) is 1.99. The molecule has 0 spiro atoms. The average molecular weight is 466 g/mol. The highest BCUT2D eigenvalue weighted by molar-refractivity contribution is 5.94. The molecule has 1 fully saturated rings. The Hall–Kier alpha value is -3.72. The molecule has 34 heavy (non-hydrogen) atoms. The van der Waals surface area contributed by atoms with Gasteiger partial charge in [-0.3, -0.25) is 24.1 Å². The van der Waals surface area contributed by atoms with Gasteiger partial charge in [0.2, 0.25) is 23.6 Å². The largest absolute Gasteiger partial charge is 0.352 e. The second-order valence-electron chi connectivity index (χ2n) is 8.63. The summed E-state index contributed by atoms with van der Waals surface area (Å²) in [6.07, 6.45) is 0.398. The Morgan fingerprint density at radius 1 is 0.882 bits per heavy atom. The van der Waals surface area contributed by atoms with Crippen LogP contribution in [0.5, 0.6) is 0 Å². The third-order valence-electron chi connectivity index (χ3n) is 5.69. The van der Waals surface area contributed by atoms with E-state index in [0.29, 0.717) is 17.8 Å². The molecule has 3 rings (SSSR count). The van der Waals surface area contributed by atoms with E-state index in [4.69, 9.17) is 0 Å². The first-order valence-electron chi connectivity index (χ1n) is 11.1. The van der Waals surface area contributed by atoms with E-state index in [-0.39, 0.29) is 42.3 Å². The molecule has 1 saturated heterocycles. The molecule has 2 aromatic rings. The molecule has 0 aliphatic carbocycles. The first-order chi connectivity index (χ1) is 16.2. The summed E-state index contributed by atoms with van der Waals surface area (Å²) in [6.45, 7) is 2.84. The van der Waals surface area contributed by atoms with Crippen LogP contribution in [0.25, 0.3) is 0 Å². The van der Waals surface area contributed by atoms with Gasteiger partial charge in [-0.25, -0.2) is 0 Å². The minimum absolute atomic E-state index is 0.0344. The van der Waals surface area contributed by atoms with Gasteiger partial charge in [0.05, 0.1) is 24.7 Å². The Balaban J connectivity index is 1.85. The summed E-state index contributed by atoms with van der Waals surface area (Å²) < 4.78 is 0. The lowest BCUT2D eigenvalue weighted by Crippen LogP contribution is -2.46. The number of nitrogens with one attached hydrogen (secondary N) is 3. The van der Waals surface area contributed by atoms with E-state index < -0.39 is 6.04 Å². The number of nitrogens with zero attached hydrogens (tertiary/aromatic N) is 2. The number of carbonyl (C=O) groups is 4. The Morgan fingerprint density at radius 3 is 2.00 bits per heavy atom. The van der Waals surface area contributed by atoms with Gasteiger partial charge in [0.1, 0.15) is 0 Å². The third kappa shape index (κ3) is 6.20. The normalized spacial score (nSPS) is 19.8. The Kier molecular flexibility index (Phi) is 8.01. The summed E-state index contributed by atoms with van der Waals surface area (Å²) in [5, 5.41) is 8.51. The molecule has 3 N–H and O–H groups in total. The number of likely N-dealkylation sites (tertiary alicyclic amines) is 1. The zero-order chi connectivity index (χ0) is 24.8. The second kappa shape index (κ2) is 10.9. The minimum atomic E-state index is -0.565. The van der Waals surface area contributed by atoms with Crippen molar-refractivity contribution in [2.45, 2.75) is 38.4 Å². The van der Waals surface area contributed by atoms with Crippen molar-refractivity contribution >= 4 is 35.0 Å². The molecule has 0 radical (unpaired) electrons. The number of benzene rings is 2. The molecule has 1 aliphatic heterocycles. The van der Waals surface area contributed by atoms with E-state index in [9.17, 15) is 19.2 Å². The van der Waals surface area contributed by atoms with Crippen LogP contribution < -0.4 is 16.0 Å². The molecule has 3 atom stereocenters. The third-order valence-corrected chi connectivity index (χ3v) is 5.69. The van der Waals surface area contributed by atoms with Crippen LogP contribution >= 0.6 is 0 Å². The van der Waals surface area contributed by atoms with Gasteiger partial charge in [0.15, 0.2) is 0 Å². The lowest BCUT2D eigenvalue weighted by molar-refractivity contribution is -0.134. The Bertz CT molecular complexity index is 1040. The van der Waals surface area contributed by atoms with Gasteiger partial charge in [0.25, 0.3) is 0 Å². The van der Waals surface area contributed by atoms with Crippen molar-refractivity contribution in [3.63, 3.8) is 0 Å². The van der Waals surface area contributed by atoms with Crippen LogP contribution in [0, 0.1) is 0 Å². The molecular formula is C25H31N5O4. The van der Waals surface area contributed by atoms with Crippen LogP contribution in [0.15, 0.2) is 54.6 Å². The van der Waals surface area contributed by atoms with Crippen molar-refractivity contribution in [1.29, 1.82) is 0 Å². The summed E-state index contributed by atoms with van der Waals surface area (Å²) in [4.78, 5) is 52.6. The van der Waals surface area contributed by atoms with E-state index in [1.807, 2.05) is 35.2 Å². The summed E-state index contributed by atoms with van der Waals surface area (Å²) >= 11 is 0. The van der Waals surface area contributed by atoms with Crippen LogP contribution in [0.3, 0.4) is 0 Å². The number of anilines is 2. The van der Waals surface area contributed by atoms with Gasteiger partial charge < -0.3 is 20.9 Å². The molecule has 0 unspecified atom stereocenters. The van der Waals surface area contributed by atoms with Crippen molar-refractivity contribution in [2.75, 3.05) is 31.3 Å². The molecule has 0 saturated carbocycles. The molecular weight excluding hydrogens is 434 g/mol. The Morgan fingerprint density at radius 2 is 1.47 bits per heavy atom. The maximum absolute atomic E-state index is 13.0. The van der Waals surface area contributed by atoms with Crippen LogP contribution in [0.2, 0.25) is 0 Å². The van der Waals surface area contributed by atoms with Crippen molar-refractivity contribution in [3.05, 3.63) is 60.2 Å². The molecule has 1 aliphatic rings. The molecule has 1 heterocycles. The fourth-order valence-corrected chi connectivity index (χ4v) is 4.36. The molecule has 2 aromatic carbocycles. The number of hydrogen-bond donors (Lipinski definition) is 3. The van der Waals surface area contributed by atoms with Crippen LogP contribution in [0.1, 0.15) is 31.9 Å². The Labute approximate surface area is 199 Å². The monoisotopic (exact) mass is 465 g/mol. The number of carbonyl (C=O) groups excluding carboxylic acids is 4. The molecule has 9 nitrogen and oxygen atoms in total. The molecule has 4 amide bonds. The van der Waals surface area contributed by atoms with Crippen molar-refractivity contribution in [3.8, 4) is 0 Å². The zero-order valence-electron chi connectivity index (χ0n) is 19.9. The highest BCUT2D eigenvalue weighted by atomic mass is 16.2. The van der Waals surface area contributed by atoms with Gasteiger partial charge >= 0.3 is 0 Å². The predicted molar refractivity (Wildman–Crippen MR) is 130 cm³/mol. The quantitative estimate of drug-likeness (QED) is 0.579. The standard InChI is InChI=1S/C25H31N5O4/c1-16(31)26-19-10-12-20(13-11-19)28-23(33)15-30-22(25(34)29(3)4)14-21(27-17(2)32)24(30)18-8-6-5-7-9-18/h5-13,21-22,24H,14-15H2,1-4H3,(H,26,31)(H,27,32)(H,28,33)/t21-,22+,24+/m1/s1. The maximum Gasteiger partial charge on any atom is 0.239 e. The van der Waals surface area contributed by atoms with Crippen molar-refractivity contribution in [2.24, 2.45) is 0 Å². The molecule has 9 heteroatoms. The maximum atomic E-state index is 13.0. The number of likely N-dealkylation sites (N-methyl/N-ethyl adjacent to an activating group) is 1. The number of hydrogen-bond acceptors (Lipinski definition) is 5. The number of amides is 4. The minimum Gasteiger partial charge on any atom is -0.352 e. The van der Waals surface area contributed by atoms with Crippen molar-refractivity contribution in [1.82, 2.24) is 15.1 Å². The van der Waals surface area contributed by atoms with E-state index in [1.165, 1.54) is 18.7 Å². The molecule has 0 bridgehead atoms. The summed E-state index contributed by atoms with van der Waals surface area (Å²) in [5.41, 5.74) is 2.12. The van der Waals surface area contributed by atoms with Gasteiger partial charge in [-0.1, -0.05) is 30.3 Å². The summed E-state index contributed by atoms with van der Waals surface area (Å²) in [5.74, 6) is -0.773. The fourth-order valence-electron chi connectivity index (χ4n) is 4.36. The fraction of sp³-hybridized carbons (Fsp3) is 0.360. The number of rotatable bonds is 7. The van der Waals surface area contributed by atoms with E-state index >= 15 is 0 Å². The van der Waals surface area contributed by atoms with Crippen molar-refractivity contribution < 1.29 is 19.2 Å². The summed E-state index contributed by atoms with van der Waals surface area (Å²) in [6, 6.07) is 15.1. The summed E-state index contributed by atoms with van der Waals surface area (Å²) in [7, 11) is 3.36. The first-order valence-corrected chi connectivity index (χ1v) is 11.1. The first kappa shape index (κ1) is 24.9. The molecule has 0 aromatic heterocycles. The van der Waals surface area contributed by atoms with Crippen LogP contribution in [-0.4, -0.2) is 66.2 Å². The van der Waals surface area contributed by atoms with Crippen LogP contribution in [0.4, 0.5) is 11.4 Å². The van der Waals surface area contributed by atoms with Crippen LogP contribution in [-0.2, 0) is 19.2 Å². The smallest absolute Gasteiger partial charge is 0.239 e. The molecule has 180 valence electrons. The van der Waals surface area contributed by atoms with E-state index in [1.54, 1.807) is 38.4 Å². The lowest BCUT2D eigenvalue weighted by atomic mass is 9.99. The average Bonchev–Trinajstić information content (AvgIpc) is 3.11. The van der Waals surface area contributed by atoms with E-state index in [0.717, 1.165) is 5.56 Å². The SMILES string of the molecule is CC(=O)Nc1ccc(NC(=O)CN2[C@H](C(=O)N(C)C)C[C@@H](NC(C)=O)[C@@H]2c2ccccc2)cc1. The van der Waals surface area contributed by atoms with E-state index in [2.05, 4.69) is 16.0 Å². The zero-order valence-corrected chi connectivity index (χ0v) is 19.9. The van der Waals surface area contributed by atoms with Gasteiger partial charge in [-0.05, 0) is 36.2 Å². The highest BCUT2D eigenvalue weighted by Crippen LogP contribution is 2.37. The lowest BCUT2D eigenvalue weighted by Gasteiger charge is -2.31. The van der Waals surface area contributed by atoms with Gasteiger partial charge in [0, 0.05) is 39.3 Å². The highest BCUT2D eigenvalue weighted by Gasteiger charge is 2.46. The van der Waals surface area contributed by atoms with Gasteiger partial charge in [-0.2, -0.15) is 0 Å².